The molecule has 0 fully saturated rings. The number of ketones is 1. The zero-order valence-corrected chi connectivity index (χ0v) is 12.3. The van der Waals surface area contributed by atoms with Gasteiger partial charge in [0.1, 0.15) is 0 Å². The molecule has 0 unspecified atom stereocenters. The molecule has 0 radical (unpaired) electrons. The second-order valence-corrected chi connectivity index (χ2v) is 5.83. The fourth-order valence-corrected chi connectivity index (χ4v) is 3.02. The molecule has 1 aliphatic rings. The average Bonchev–Trinajstić information content (AvgIpc) is 2.91. The van der Waals surface area contributed by atoms with Crippen LogP contribution in [0.5, 0.6) is 0 Å². The van der Waals surface area contributed by atoms with Crippen molar-refractivity contribution in [2.45, 2.75) is 11.3 Å². The summed E-state index contributed by atoms with van der Waals surface area (Å²) >= 11 is 1.69. The largest absolute Gasteiger partial charge is 0.363 e. The fraction of sp³-hybridized carbons (Fsp3) is 0.235. The van der Waals surface area contributed by atoms with Crippen molar-refractivity contribution in [2.75, 3.05) is 24.2 Å². The van der Waals surface area contributed by atoms with Gasteiger partial charge < -0.3 is 4.90 Å². The van der Waals surface area contributed by atoms with E-state index < -0.39 is 0 Å². The monoisotopic (exact) mass is 283 g/mol. The third-order valence-electron chi connectivity index (χ3n) is 3.73. The molecule has 0 amide bonds. The second-order valence-electron chi connectivity index (χ2n) is 4.95. The summed E-state index contributed by atoms with van der Waals surface area (Å²) in [5, 5.41) is 0. The normalized spacial score (nSPS) is 13.3. The second kappa shape index (κ2) is 5.71. The Labute approximate surface area is 123 Å². The number of nitrogens with zero attached hydrogens (tertiary/aromatic N) is 1. The highest BCUT2D eigenvalue weighted by Gasteiger charge is 2.20. The Kier molecular flexibility index (Phi) is 3.79. The van der Waals surface area contributed by atoms with Crippen LogP contribution in [-0.2, 0) is 6.42 Å². The van der Waals surface area contributed by atoms with Gasteiger partial charge in [-0.1, -0.05) is 30.3 Å². The highest BCUT2D eigenvalue weighted by atomic mass is 32.2. The van der Waals surface area contributed by atoms with E-state index in [2.05, 4.69) is 23.1 Å². The molecule has 1 aliphatic heterocycles. The maximum atomic E-state index is 12.4. The zero-order valence-electron chi connectivity index (χ0n) is 11.5. The SMILES string of the molecule is CSc1ccc(C(=O)CN2CCc3ccccc32)cc1. The van der Waals surface area contributed by atoms with Crippen LogP contribution >= 0.6 is 11.8 Å². The van der Waals surface area contributed by atoms with Gasteiger partial charge in [0.05, 0.1) is 6.54 Å². The quantitative estimate of drug-likeness (QED) is 0.631. The Bertz CT molecular complexity index is 621. The van der Waals surface area contributed by atoms with Crippen LogP contribution in [0.25, 0.3) is 0 Å². The van der Waals surface area contributed by atoms with Crippen molar-refractivity contribution < 1.29 is 4.79 Å². The molecule has 1 heterocycles. The standard InChI is InChI=1S/C17H17NOS/c1-20-15-8-6-14(7-9-15)17(19)12-18-11-10-13-4-2-3-5-16(13)18/h2-9H,10-12H2,1H3. The van der Waals surface area contributed by atoms with Gasteiger partial charge in [-0.2, -0.15) is 0 Å². The molecule has 0 saturated carbocycles. The lowest BCUT2D eigenvalue weighted by atomic mass is 10.1. The number of rotatable bonds is 4. The van der Waals surface area contributed by atoms with Crippen LogP contribution in [0.4, 0.5) is 5.69 Å². The van der Waals surface area contributed by atoms with Crippen LogP contribution in [0.2, 0.25) is 0 Å². The molecule has 0 spiro atoms. The first-order valence-corrected chi connectivity index (χ1v) is 8.00. The molecular weight excluding hydrogens is 266 g/mol. The van der Waals surface area contributed by atoms with Crippen LogP contribution in [0.1, 0.15) is 15.9 Å². The van der Waals surface area contributed by atoms with Gasteiger partial charge in [0.15, 0.2) is 5.78 Å². The van der Waals surface area contributed by atoms with Crippen molar-refractivity contribution in [2.24, 2.45) is 0 Å². The number of hydrogen-bond acceptors (Lipinski definition) is 3. The fourth-order valence-electron chi connectivity index (χ4n) is 2.61. The molecule has 0 aliphatic carbocycles. The van der Waals surface area contributed by atoms with Gasteiger partial charge in [0, 0.05) is 22.7 Å². The molecular formula is C17H17NOS. The summed E-state index contributed by atoms with van der Waals surface area (Å²) in [7, 11) is 0. The van der Waals surface area contributed by atoms with Gasteiger partial charge in [0.25, 0.3) is 0 Å². The van der Waals surface area contributed by atoms with E-state index in [1.807, 2.05) is 36.6 Å². The Morgan fingerprint density at radius 1 is 1.15 bits per heavy atom. The summed E-state index contributed by atoms with van der Waals surface area (Å²) < 4.78 is 0. The Morgan fingerprint density at radius 3 is 2.65 bits per heavy atom. The van der Waals surface area contributed by atoms with Gasteiger partial charge in [-0.05, 0) is 36.4 Å². The lowest BCUT2D eigenvalue weighted by molar-refractivity contribution is 0.0999. The van der Waals surface area contributed by atoms with E-state index in [4.69, 9.17) is 0 Å². The lowest BCUT2D eigenvalue weighted by Crippen LogP contribution is -2.27. The van der Waals surface area contributed by atoms with Crippen molar-refractivity contribution >= 4 is 23.2 Å². The van der Waals surface area contributed by atoms with Crippen molar-refractivity contribution in [1.29, 1.82) is 0 Å². The number of Topliss-reactive ketones (excluding diaryl/α,β-unsaturated/α-hetero) is 1. The van der Waals surface area contributed by atoms with Crippen LogP contribution in [0.3, 0.4) is 0 Å². The summed E-state index contributed by atoms with van der Waals surface area (Å²) in [5.41, 5.74) is 3.35. The topological polar surface area (TPSA) is 20.3 Å². The Balaban J connectivity index is 1.73. The van der Waals surface area contributed by atoms with E-state index >= 15 is 0 Å². The molecule has 20 heavy (non-hydrogen) atoms. The minimum absolute atomic E-state index is 0.189. The van der Waals surface area contributed by atoms with Crippen molar-refractivity contribution in [3.05, 3.63) is 59.7 Å². The van der Waals surface area contributed by atoms with Gasteiger partial charge in [-0.15, -0.1) is 11.8 Å². The van der Waals surface area contributed by atoms with E-state index in [1.165, 1.54) is 16.1 Å². The first-order chi connectivity index (χ1) is 9.78. The summed E-state index contributed by atoms with van der Waals surface area (Å²) in [5.74, 6) is 0.189. The molecule has 2 aromatic carbocycles. The maximum absolute atomic E-state index is 12.4. The third-order valence-corrected chi connectivity index (χ3v) is 4.47. The first-order valence-electron chi connectivity index (χ1n) is 6.78. The minimum Gasteiger partial charge on any atom is -0.363 e. The van der Waals surface area contributed by atoms with Crippen LogP contribution in [0, 0.1) is 0 Å². The number of hydrogen-bond donors (Lipinski definition) is 0. The lowest BCUT2D eigenvalue weighted by Gasteiger charge is -2.18. The Morgan fingerprint density at radius 2 is 1.90 bits per heavy atom. The van der Waals surface area contributed by atoms with E-state index in [-0.39, 0.29) is 5.78 Å². The molecule has 0 aromatic heterocycles. The molecule has 0 N–H and O–H groups in total. The summed E-state index contributed by atoms with van der Waals surface area (Å²) in [6.07, 6.45) is 3.08. The minimum atomic E-state index is 0.189. The van der Waals surface area contributed by atoms with Crippen LogP contribution in [0.15, 0.2) is 53.4 Å². The number of fused-ring (bicyclic) bond motifs is 1. The highest BCUT2D eigenvalue weighted by molar-refractivity contribution is 7.98. The van der Waals surface area contributed by atoms with Gasteiger partial charge in [0.2, 0.25) is 0 Å². The number of carbonyl (C=O) groups excluding carboxylic acids is 1. The number of anilines is 1. The smallest absolute Gasteiger partial charge is 0.182 e. The number of benzene rings is 2. The zero-order chi connectivity index (χ0) is 13.9. The molecule has 0 bridgehead atoms. The summed E-state index contributed by atoms with van der Waals surface area (Å²) in [4.78, 5) is 15.7. The third kappa shape index (κ3) is 2.59. The molecule has 2 aromatic rings. The highest BCUT2D eigenvalue weighted by Crippen LogP contribution is 2.27. The van der Waals surface area contributed by atoms with E-state index in [9.17, 15) is 4.79 Å². The van der Waals surface area contributed by atoms with Crippen LogP contribution < -0.4 is 4.90 Å². The van der Waals surface area contributed by atoms with Gasteiger partial charge in [-0.3, -0.25) is 4.79 Å². The Hall–Kier alpha value is -1.74. The molecule has 3 rings (SSSR count). The molecule has 2 nitrogen and oxygen atoms in total. The summed E-state index contributed by atoms with van der Waals surface area (Å²) in [6.45, 7) is 1.41. The van der Waals surface area contributed by atoms with E-state index in [1.54, 1.807) is 11.8 Å². The molecule has 3 heteroatoms. The summed E-state index contributed by atoms with van der Waals surface area (Å²) in [6, 6.07) is 16.2. The predicted octanol–water partition coefficient (Wildman–Crippen LogP) is 3.65. The first kappa shape index (κ1) is 13.3. The molecule has 0 saturated heterocycles. The van der Waals surface area contributed by atoms with Crippen molar-refractivity contribution in [1.82, 2.24) is 0 Å². The average molecular weight is 283 g/mol. The van der Waals surface area contributed by atoms with Gasteiger partial charge in [-0.25, -0.2) is 0 Å². The van der Waals surface area contributed by atoms with Crippen molar-refractivity contribution in [3.63, 3.8) is 0 Å². The van der Waals surface area contributed by atoms with Gasteiger partial charge >= 0.3 is 0 Å². The van der Waals surface area contributed by atoms with E-state index in [0.29, 0.717) is 6.54 Å². The number of thioether (sulfide) groups is 1. The number of carbonyl (C=O) groups is 1. The predicted molar refractivity (Wildman–Crippen MR) is 84.9 cm³/mol. The maximum Gasteiger partial charge on any atom is 0.182 e. The van der Waals surface area contributed by atoms with Crippen molar-refractivity contribution in [3.8, 4) is 0 Å². The molecule has 0 atom stereocenters. The van der Waals surface area contributed by atoms with Crippen LogP contribution in [-0.4, -0.2) is 25.1 Å². The molecule has 102 valence electrons. The number of para-hydroxylation sites is 1. The van der Waals surface area contributed by atoms with E-state index in [0.717, 1.165) is 18.5 Å².